The third-order valence-electron chi connectivity index (χ3n) is 2.50. The second kappa shape index (κ2) is 3.96. The smallest absolute Gasteiger partial charge is 0.121 e. The van der Waals surface area contributed by atoms with E-state index in [9.17, 15) is 0 Å². The topological polar surface area (TPSA) is 31.2 Å². The molecule has 0 bridgehead atoms. The van der Waals surface area contributed by atoms with Crippen LogP contribution in [0.15, 0.2) is 21.8 Å². The molecule has 5 heteroatoms. The molecule has 76 valence electrons. The van der Waals surface area contributed by atoms with Crippen molar-refractivity contribution in [2.75, 3.05) is 26.2 Å². The molecule has 2 aliphatic rings. The van der Waals surface area contributed by atoms with Crippen molar-refractivity contribution in [2.24, 2.45) is 9.98 Å². The zero-order valence-corrected chi connectivity index (χ0v) is 10.6. The molecule has 0 amide bonds. The number of hydrogen-bond donors (Lipinski definition) is 0. The highest BCUT2D eigenvalue weighted by Gasteiger charge is 2.25. The summed E-state index contributed by atoms with van der Waals surface area (Å²) in [5.74, 6) is 0. The first-order valence-corrected chi connectivity index (χ1v) is 5.96. The van der Waals surface area contributed by atoms with Gasteiger partial charge in [-0.1, -0.05) is 5.20 Å². The van der Waals surface area contributed by atoms with Crippen molar-refractivity contribution in [3.8, 4) is 0 Å². The second-order valence-corrected chi connectivity index (χ2v) is 5.02. The Balaban J connectivity index is 2.10. The molecule has 14 heavy (non-hydrogen) atoms. The third-order valence-corrected chi connectivity index (χ3v) is 3.02. The van der Waals surface area contributed by atoms with Crippen molar-refractivity contribution in [1.29, 1.82) is 0 Å². The molecule has 0 saturated carbocycles. The summed E-state index contributed by atoms with van der Waals surface area (Å²) in [6.45, 7) is 7.95. The van der Waals surface area contributed by atoms with Gasteiger partial charge in [0, 0.05) is 23.3 Å². The molecule has 0 spiro atoms. The summed E-state index contributed by atoms with van der Waals surface area (Å²) in [5.41, 5.74) is 0. The van der Waals surface area contributed by atoms with Gasteiger partial charge >= 0.3 is 0 Å². The molecule has 0 aromatic carbocycles. The van der Waals surface area contributed by atoms with Crippen molar-refractivity contribution < 1.29 is 0 Å². The second-order valence-electron chi connectivity index (χ2n) is 3.74. The fraction of sp³-hybridized carbons (Fsp3) is 0.556. The molecular weight excluding hydrogens is 192 g/mol. The van der Waals surface area contributed by atoms with Crippen molar-refractivity contribution in [1.82, 2.24) is 9.80 Å². The Labute approximate surface area is 87.4 Å². The van der Waals surface area contributed by atoms with E-state index in [2.05, 4.69) is 26.4 Å². The molecule has 0 aliphatic carbocycles. The van der Waals surface area contributed by atoms with Crippen molar-refractivity contribution in [2.45, 2.75) is 6.17 Å². The predicted molar refractivity (Wildman–Crippen MR) is 63.0 cm³/mol. The van der Waals surface area contributed by atoms with Crippen LogP contribution in [0.2, 0.25) is 0 Å². The molecular formula is C9H16N4Si. The fourth-order valence-corrected chi connectivity index (χ4v) is 2.58. The Morgan fingerprint density at radius 3 is 2.00 bits per heavy atom. The maximum atomic E-state index is 4.24. The van der Waals surface area contributed by atoms with E-state index < -0.39 is 0 Å². The molecule has 0 aromatic heterocycles. The third kappa shape index (κ3) is 1.72. The lowest BCUT2D eigenvalue weighted by molar-refractivity contribution is 0.233. The first-order chi connectivity index (χ1) is 6.79. The van der Waals surface area contributed by atoms with Gasteiger partial charge in [-0.2, -0.15) is 0 Å². The maximum Gasteiger partial charge on any atom is 0.121 e. The van der Waals surface area contributed by atoms with E-state index in [0.29, 0.717) is 6.17 Å². The molecule has 0 radical (unpaired) electrons. The molecule has 2 rings (SSSR count). The Morgan fingerprint density at radius 2 is 1.71 bits per heavy atom. The lowest BCUT2D eigenvalue weighted by Gasteiger charge is -2.34. The molecule has 2 heterocycles. The van der Waals surface area contributed by atoms with Crippen molar-refractivity contribution in [3.63, 3.8) is 0 Å². The number of nitrogens with zero attached hydrogens (tertiary/aromatic N) is 4. The van der Waals surface area contributed by atoms with Gasteiger partial charge in [-0.05, 0) is 0 Å². The summed E-state index contributed by atoms with van der Waals surface area (Å²) in [5, 5.41) is 1.28. The zero-order chi connectivity index (χ0) is 9.97. The quantitative estimate of drug-likeness (QED) is 0.550. The van der Waals surface area contributed by atoms with E-state index >= 15 is 0 Å². The lowest BCUT2D eigenvalue weighted by atomic mass is 10.3. The van der Waals surface area contributed by atoms with Gasteiger partial charge in [0.25, 0.3) is 0 Å². The maximum absolute atomic E-state index is 4.24. The summed E-state index contributed by atoms with van der Waals surface area (Å²) < 4.78 is 0. The summed E-state index contributed by atoms with van der Waals surface area (Å²) >= 11 is 0. The highest BCUT2D eigenvalue weighted by atomic mass is 28.1. The van der Waals surface area contributed by atoms with Gasteiger partial charge < -0.3 is 9.80 Å². The number of aliphatic imine (C=N–C) groups is 2. The minimum absolute atomic E-state index is 0.305. The van der Waals surface area contributed by atoms with Gasteiger partial charge in [-0.3, -0.25) is 9.98 Å². The van der Waals surface area contributed by atoms with E-state index in [1.807, 2.05) is 12.7 Å². The van der Waals surface area contributed by atoms with Crippen LogP contribution in [0, 0.1) is 0 Å². The van der Waals surface area contributed by atoms with E-state index in [1.54, 1.807) is 0 Å². The van der Waals surface area contributed by atoms with Gasteiger partial charge in [0.1, 0.15) is 6.17 Å². The molecule has 0 N–H and O–H groups in total. The van der Waals surface area contributed by atoms with Gasteiger partial charge in [0.15, 0.2) is 0 Å². The lowest BCUT2D eigenvalue weighted by Crippen LogP contribution is -2.47. The van der Waals surface area contributed by atoms with Gasteiger partial charge in [-0.25, -0.2) is 0 Å². The van der Waals surface area contributed by atoms with Crippen LogP contribution in [0.1, 0.15) is 0 Å². The predicted octanol–water partition coefficient (Wildman–Crippen LogP) is -1.12. The van der Waals surface area contributed by atoms with Crippen molar-refractivity contribution >= 4 is 22.9 Å². The van der Waals surface area contributed by atoms with Crippen LogP contribution in [0.4, 0.5) is 0 Å². The number of rotatable bonds is 3. The fourth-order valence-electron chi connectivity index (χ4n) is 1.91. The van der Waals surface area contributed by atoms with E-state index in [-0.39, 0.29) is 0 Å². The summed E-state index contributed by atoms with van der Waals surface area (Å²) in [6.07, 6.45) is 4.19. The van der Waals surface area contributed by atoms with Gasteiger partial charge in [0.2, 0.25) is 0 Å². The highest BCUT2D eigenvalue weighted by molar-refractivity contribution is 6.22. The monoisotopic (exact) mass is 208 g/mol. The normalized spacial score (nSPS) is 20.4. The molecule has 2 aliphatic heterocycles. The summed E-state index contributed by atoms with van der Waals surface area (Å²) in [4.78, 5) is 13.0. The molecule has 0 aromatic rings. The minimum atomic E-state index is 0.305. The van der Waals surface area contributed by atoms with Crippen LogP contribution in [0.5, 0.6) is 0 Å². The Bertz CT molecular complexity index is 265. The largest absolute Gasteiger partial charge is 0.337 e. The van der Waals surface area contributed by atoms with Crippen LogP contribution >= 0.6 is 0 Å². The van der Waals surface area contributed by atoms with Crippen LogP contribution in [-0.4, -0.2) is 65.1 Å². The Hall–Kier alpha value is -1.10. The van der Waals surface area contributed by atoms with Gasteiger partial charge in [-0.15, -0.1) is 6.58 Å². The summed E-state index contributed by atoms with van der Waals surface area (Å²) in [6, 6.07) is 0. The standard InChI is InChI=1S/C9H16N4Si/c1-8(14)9(12-4-2-10-6-12)13-5-3-11-7-13/h6-7,9H,1-5H2,14H3. The van der Waals surface area contributed by atoms with Gasteiger partial charge in [0.05, 0.1) is 25.8 Å². The molecule has 4 nitrogen and oxygen atoms in total. The first-order valence-electron chi connectivity index (χ1n) is 4.96. The SMILES string of the molecule is C=C([SiH3])C(N1C=NCC1)N1C=NCC1. The highest BCUT2D eigenvalue weighted by Crippen LogP contribution is 2.13. The molecule has 0 fully saturated rings. The Morgan fingerprint density at radius 1 is 1.21 bits per heavy atom. The molecule has 0 unspecified atom stereocenters. The van der Waals surface area contributed by atoms with E-state index in [4.69, 9.17) is 0 Å². The zero-order valence-electron chi connectivity index (χ0n) is 8.56. The van der Waals surface area contributed by atoms with Crippen molar-refractivity contribution in [3.05, 3.63) is 11.8 Å². The minimum Gasteiger partial charge on any atom is -0.337 e. The summed E-state index contributed by atoms with van der Waals surface area (Å²) in [7, 11) is 1.02. The average molecular weight is 208 g/mol. The average Bonchev–Trinajstić information content (AvgIpc) is 2.75. The van der Waals surface area contributed by atoms with Crippen LogP contribution in [0.25, 0.3) is 0 Å². The molecule has 0 saturated heterocycles. The first kappa shape index (κ1) is 9.45. The Kier molecular flexibility index (Phi) is 2.67. The van der Waals surface area contributed by atoms with Crippen LogP contribution in [0.3, 0.4) is 0 Å². The molecule has 0 atom stereocenters. The van der Waals surface area contributed by atoms with Crippen LogP contribution < -0.4 is 0 Å². The van der Waals surface area contributed by atoms with Crippen LogP contribution in [-0.2, 0) is 0 Å². The van der Waals surface area contributed by atoms with E-state index in [1.165, 1.54) is 5.20 Å². The van der Waals surface area contributed by atoms with E-state index in [0.717, 1.165) is 36.4 Å². The number of hydrogen-bond acceptors (Lipinski definition) is 4.